The Labute approximate surface area is 320 Å². The second-order valence-electron chi connectivity index (χ2n) is 14.4. The van der Waals surface area contributed by atoms with E-state index in [0.717, 1.165) is 19.3 Å². The van der Waals surface area contributed by atoms with Crippen molar-refractivity contribution in [2.75, 3.05) is 14.2 Å². The minimum atomic E-state index is 0.168. The largest absolute Gasteiger partial charge is 0.381 e. The molecule has 0 fully saturated rings. The maximum atomic E-state index is 5.59. The molecular weight excluding hydrogens is 814 g/mol. The average Bonchev–Trinajstić information content (AvgIpc) is 3.03. The van der Waals surface area contributed by atoms with Gasteiger partial charge in [0.05, 0.1) is 12.2 Å². The summed E-state index contributed by atoms with van der Waals surface area (Å²) in [6, 6.07) is 0. The van der Waals surface area contributed by atoms with Crippen LogP contribution in [0.4, 0.5) is 0 Å². The second-order valence-corrected chi connectivity index (χ2v) is 14.4. The fourth-order valence-corrected chi connectivity index (χ4v) is 6.27. The zero-order valence-electron chi connectivity index (χ0n) is 32.6. The first-order valence-corrected chi connectivity index (χ1v) is 23.5. The SMILES string of the molecule is C/C=C(C)/C=C/C=C(C)/C=C/C1C(C)=CC(OC)CC1(C)C.C/C=C/C=C(C)/C=C/C=C(C)/C=C/C1=C(C)CC(OC)CC1(C)C.II. The number of methoxy groups -OCH3 is 2. The second kappa shape index (κ2) is 24.6. The number of hydrogen-bond donors (Lipinski definition) is 0. The van der Waals surface area contributed by atoms with Gasteiger partial charge < -0.3 is 9.47 Å². The highest BCUT2D eigenvalue weighted by atomic mass is 128. The molecule has 2 aliphatic carbocycles. The van der Waals surface area contributed by atoms with Crippen molar-refractivity contribution in [1.29, 1.82) is 0 Å². The third kappa shape index (κ3) is 18.0. The maximum absolute atomic E-state index is 5.59. The molecule has 3 atom stereocenters. The number of hydrogen-bond acceptors (Lipinski definition) is 2. The lowest BCUT2D eigenvalue weighted by atomic mass is 9.67. The maximum Gasteiger partial charge on any atom is 0.0760 e. The Morgan fingerprint density at radius 1 is 0.750 bits per heavy atom. The number of allylic oxidation sites excluding steroid dienone is 20. The first-order chi connectivity index (χ1) is 22.6. The van der Waals surface area contributed by atoms with Crippen molar-refractivity contribution in [2.45, 2.75) is 115 Å². The zero-order valence-corrected chi connectivity index (χ0v) is 36.9. The van der Waals surface area contributed by atoms with Gasteiger partial charge in [-0.05, 0) is 91.1 Å². The van der Waals surface area contributed by atoms with Gasteiger partial charge in [-0.1, -0.05) is 152 Å². The van der Waals surface area contributed by atoms with Crippen molar-refractivity contribution < 1.29 is 9.47 Å². The molecule has 2 rings (SSSR count). The molecule has 0 N–H and O–H groups in total. The smallest absolute Gasteiger partial charge is 0.0760 e. The summed E-state index contributed by atoms with van der Waals surface area (Å²) in [4.78, 5) is 0. The van der Waals surface area contributed by atoms with Gasteiger partial charge in [0.2, 0.25) is 0 Å². The van der Waals surface area contributed by atoms with E-state index >= 15 is 0 Å². The quantitative estimate of drug-likeness (QED) is 0.117. The third-order valence-electron chi connectivity index (χ3n) is 9.11. The normalized spacial score (nSPS) is 24.0. The van der Waals surface area contributed by atoms with Crippen LogP contribution in [0.15, 0.2) is 130 Å². The fourth-order valence-electron chi connectivity index (χ4n) is 6.27. The molecule has 0 spiro atoms. The van der Waals surface area contributed by atoms with Gasteiger partial charge in [0.15, 0.2) is 0 Å². The summed E-state index contributed by atoms with van der Waals surface area (Å²) in [6.45, 7) is 26.4. The highest BCUT2D eigenvalue weighted by Crippen LogP contribution is 2.43. The average molecular weight is 881 g/mol. The van der Waals surface area contributed by atoms with Gasteiger partial charge >= 0.3 is 0 Å². The first-order valence-electron chi connectivity index (χ1n) is 17.2. The standard InChI is InChI=1S/C23H34O.C21H32O.I2/c1-8-9-11-18(2)12-10-13-19(3)14-15-22-20(4)16-21(24-7)17-23(22,5)6;1-8-16(2)10-9-11-17(3)12-13-20-18(4)14-19(22-7)15-21(20,5)6;1-2/h8-15,21H,16-17H2,1-7H3;8-14,19-20H,15H2,1-7H3;/b9-8+,12-10+,15-14+,18-11+,19-13+;10-9+,13-12+,16-8+,17-11+;. The summed E-state index contributed by atoms with van der Waals surface area (Å²) < 4.78 is 11.1. The van der Waals surface area contributed by atoms with Gasteiger partial charge in [0, 0.05) is 57.4 Å². The Kier molecular flexibility index (Phi) is 23.9. The minimum absolute atomic E-state index is 0.168. The van der Waals surface area contributed by atoms with Gasteiger partial charge in [0.1, 0.15) is 0 Å². The van der Waals surface area contributed by atoms with Crippen molar-refractivity contribution in [3.63, 3.8) is 0 Å². The molecule has 0 amide bonds. The molecule has 0 bridgehead atoms. The molecule has 268 valence electrons. The van der Waals surface area contributed by atoms with Crippen LogP contribution in [0.3, 0.4) is 0 Å². The van der Waals surface area contributed by atoms with Crippen LogP contribution in [0.2, 0.25) is 0 Å². The monoisotopic (exact) mass is 880 g/mol. The fraction of sp³-hybridized carbons (Fsp3) is 0.500. The van der Waals surface area contributed by atoms with E-state index in [0.29, 0.717) is 12.0 Å². The van der Waals surface area contributed by atoms with E-state index in [1.165, 1.54) is 39.0 Å². The molecule has 4 heteroatoms. The van der Waals surface area contributed by atoms with Gasteiger partial charge in [0.25, 0.3) is 0 Å². The van der Waals surface area contributed by atoms with Crippen LogP contribution in [0, 0.1) is 16.7 Å². The van der Waals surface area contributed by atoms with E-state index in [2.05, 4.69) is 198 Å². The molecule has 0 saturated carbocycles. The topological polar surface area (TPSA) is 18.5 Å². The molecule has 0 aliphatic heterocycles. The van der Waals surface area contributed by atoms with Crippen LogP contribution in [-0.2, 0) is 9.47 Å². The number of rotatable bonds is 11. The molecule has 0 saturated heterocycles. The number of ether oxygens (including phenoxy) is 2. The Hall–Kier alpha value is -1.48. The molecule has 0 radical (unpaired) electrons. The van der Waals surface area contributed by atoms with Crippen molar-refractivity contribution >= 4 is 37.2 Å². The lowest BCUT2D eigenvalue weighted by molar-refractivity contribution is 0.0627. The Morgan fingerprint density at radius 3 is 1.79 bits per heavy atom. The minimum Gasteiger partial charge on any atom is -0.381 e. The van der Waals surface area contributed by atoms with Crippen LogP contribution in [0.1, 0.15) is 102 Å². The highest BCUT2D eigenvalue weighted by Gasteiger charge is 2.35. The molecule has 2 nitrogen and oxygen atoms in total. The molecule has 0 aromatic heterocycles. The van der Waals surface area contributed by atoms with Crippen LogP contribution in [0.5, 0.6) is 0 Å². The summed E-state index contributed by atoms with van der Waals surface area (Å²) in [5.74, 6) is 0.475. The summed E-state index contributed by atoms with van der Waals surface area (Å²) in [6.07, 6.45) is 36.3. The van der Waals surface area contributed by atoms with E-state index in [-0.39, 0.29) is 16.9 Å². The molecule has 3 unspecified atom stereocenters. The van der Waals surface area contributed by atoms with Crippen molar-refractivity contribution in [3.05, 3.63) is 130 Å². The van der Waals surface area contributed by atoms with E-state index in [1.807, 2.05) is 20.1 Å². The van der Waals surface area contributed by atoms with E-state index < -0.39 is 0 Å². The Morgan fingerprint density at radius 2 is 1.29 bits per heavy atom. The molecule has 0 aromatic rings. The lowest BCUT2D eigenvalue weighted by Gasteiger charge is -2.39. The van der Waals surface area contributed by atoms with Crippen LogP contribution < -0.4 is 0 Å². The summed E-state index contributed by atoms with van der Waals surface area (Å²) >= 11 is 4.24. The Bertz CT molecular complexity index is 1320. The zero-order chi connectivity index (χ0) is 36.9. The molecule has 48 heavy (non-hydrogen) atoms. The summed E-state index contributed by atoms with van der Waals surface area (Å²) in [5.41, 5.74) is 9.78. The lowest BCUT2D eigenvalue weighted by Crippen LogP contribution is -2.33. The predicted molar refractivity (Wildman–Crippen MR) is 233 cm³/mol. The van der Waals surface area contributed by atoms with E-state index in [1.54, 1.807) is 7.11 Å². The van der Waals surface area contributed by atoms with Crippen LogP contribution >= 0.6 is 37.2 Å². The summed E-state index contributed by atoms with van der Waals surface area (Å²) in [5, 5.41) is 0. The van der Waals surface area contributed by atoms with E-state index in [4.69, 9.17) is 9.47 Å². The van der Waals surface area contributed by atoms with Crippen molar-refractivity contribution in [3.8, 4) is 0 Å². The first kappa shape index (κ1) is 46.5. The highest BCUT2D eigenvalue weighted by molar-refractivity contribution is 15.0. The number of halogens is 2. The summed E-state index contributed by atoms with van der Waals surface area (Å²) in [7, 11) is 3.62. The van der Waals surface area contributed by atoms with Crippen LogP contribution in [-0.4, -0.2) is 26.4 Å². The van der Waals surface area contributed by atoms with Gasteiger partial charge in [-0.15, -0.1) is 0 Å². The molecular formula is C44H66I2O2. The molecule has 0 heterocycles. The van der Waals surface area contributed by atoms with Crippen molar-refractivity contribution in [2.24, 2.45) is 16.7 Å². The van der Waals surface area contributed by atoms with E-state index in [9.17, 15) is 0 Å². The third-order valence-corrected chi connectivity index (χ3v) is 9.11. The van der Waals surface area contributed by atoms with Crippen molar-refractivity contribution in [1.82, 2.24) is 0 Å². The van der Waals surface area contributed by atoms with Gasteiger partial charge in [-0.3, -0.25) is 0 Å². The van der Waals surface area contributed by atoms with Gasteiger partial charge in [-0.2, -0.15) is 0 Å². The van der Waals surface area contributed by atoms with Gasteiger partial charge in [-0.25, -0.2) is 0 Å². The molecule has 0 aromatic carbocycles. The predicted octanol–water partition coefficient (Wildman–Crippen LogP) is 14.5. The Balaban J connectivity index is 0.000000878. The molecule has 2 aliphatic rings. The van der Waals surface area contributed by atoms with Crippen LogP contribution in [0.25, 0.3) is 0 Å².